The zero-order chi connectivity index (χ0) is 18.0. The largest absolute Gasteiger partial charge is 0.378 e. The van der Waals surface area contributed by atoms with Gasteiger partial charge in [-0.15, -0.1) is 0 Å². The summed E-state index contributed by atoms with van der Waals surface area (Å²) in [6, 6.07) is 12.7. The number of rotatable bonds is 6. The summed E-state index contributed by atoms with van der Waals surface area (Å²) in [4.78, 5) is 5.66. The molecule has 0 aliphatic rings. The fraction of sp³-hybridized carbons (Fsp3) is 0.300. The average molecular weight is 421 g/mol. The minimum absolute atomic E-state index is 0.722. The fourth-order valence-electron chi connectivity index (χ4n) is 3.15. The van der Waals surface area contributed by atoms with Gasteiger partial charge in [-0.3, -0.25) is 0 Å². The van der Waals surface area contributed by atoms with Gasteiger partial charge in [-0.25, -0.2) is 0 Å². The van der Waals surface area contributed by atoms with Crippen molar-refractivity contribution >= 4 is 44.1 Å². The first-order valence-electron chi connectivity index (χ1n) is 8.48. The second-order valence-electron chi connectivity index (χ2n) is 6.48. The van der Waals surface area contributed by atoms with Crippen LogP contribution in [-0.2, 0) is 6.42 Å². The van der Waals surface area contributed by atoms with Gasteiger partial charge >= 0.3 is 0 Å². The Morgan fingerprint density at radius 3 is 2.48 bits per heavy atom. The molecule has 0 fully saturated rings. The minimum atomic E-state index is 0.722. The number of nitrogens with one attached hydrogen (secondary N) is 1. The van der Waals surface area contributed by atoms with Gasteiger partial charge in [0.2, 0.25) is 0 Å². The Labute approximate surface area is 162 Å². The van der Waals surface area contributed by atoms with Crippen LogP contribution in [0.25, 0.3) is 22.2 Å². The summed E-state index contributed by atoms with van der Waals surface area (Å²) >= 11 is 10.0. The molecule has 0 bridgehead atoms. The van der Waals surface area contributed by atoms with Gasteiger partial charge in [0.15, 0.2) is 0 Å². The van der Waals surface area contributed by atoms with E-state index in [4.69, 9.17) is 17.3 Å². The number of hydrogen-bond acceptors (Lipinski definition) is 2. The van der Waals surface area contributed by atoms with Gasteiger partial charge in [-0.1, -0.05) is 39.7 Å². The number of anilines is 1. The average Bonchev–Trinajstić information content (AvgIpc) is 2.94. The fourth-order valence-corrected chi connectivity index (χ4v) is 4.01. The Morgan fingerprint density at radius 2 is 1.84 bits per heavy atom. The van der Waals surface area contributed by atoms with Crippen molar-refractivity contribution in [1.82, 2.24) is 4.98 Å². The number of hydrogen-bond donors (Lipinski definition) is 2. The molecule has 3 N–H and O–H groups in total. The Hall–Kier alpha value is -1.49. The number of fused-ring (bicyclic) bond motifs is 1. The van der Waals surface area contributed by atoms with Gasteiger partial charge < -0.3 is 15.6 Å². The highest BCUT2D eigenvalue weighted by molar-refractivity contribution is 9.10. The van der Waals surface area contributed by atoms with Crippen LogP contribution in [0.2, 0.25) is 5.02 Å². The zero-order valence-corrected chi connectivity index (χ0v) is 16.9. The number of H-pyrrole nitrogens is 1. The van der Waals surface area contributed by atoms with E-state index >= 15 is 0 Å². The number of nitrogens with zero attached hydrogens (tertiary/aromatic N) is 1. The number of unbranched alkanes of at least 4 members (excludes halogenated alkanes) is 1. The summed E-state index contributed by atoms with van der Waals surface area (Å²) in [6.45, 7) is 0.722. The van der Waals surface area contributed by atoms with Crippen molar-refractivity contribution in [2.45, 2.75) is 19.3 Å². The molecule has 5 heteroatoms. The zero-order valence-electron chi connectivity index (χ0n) is 14.6. The third-order valence-corrected chi connectivity index (χ3v) is 5.24. The van der Waals surface area contributed by atoms with Crippen LogP contribution < -0.4 is 10.6 Å². The Kier molecular flexibility index (Phi) is 5.72. The van der Waals surface area contributed by atoms with Crippen molar-refractivity contribution in [3.63, 3.8) is 0 Å². The molecule has 3 rings (SSSR count). The molecular weight excluding hydrogens is 398 g/mol. The number of aromatic nitrogens is 1. The summed E-state index contributed by atoms with van der Waals surface area (Å²) in [7, 11) is 4.10. The summed E-state index contributed by atoms with van der Waals surface area (Å²) < 4.78 is 0.999. The SMILES string of the molecule is CN(C)c1ccc(-c2[nH]c3c(Cl)cc(Br)cc3c2CCCCN)cc1. The molecule has 3 nitrogen and oxygen atoms in total. The third-order valence-electron chi connectivity index (χ3n) is 4.49. The maximum Gasteiger partial charge on any atom is 0.0658 e. The number of aryl methyl sites for hydroxylation is 1. The Morgan fingerprint density at radius 1 is 1.12 bits per heavy atom. The Balaban J connectivity index is 2.12. The van der Waals surface area contributed by atoms with Crippen LogP contribution in [0.3, 0.4) is 0 Å². The van der Waals surface area contributed by atoms with E-state index in [1.165, 1.54) is 22.2 Å². The third kappa shape index (κ3) is 3.86. The summed E-state index contributed by atoms with van der Waals surface area (Å²) in [5.74, 6) is 0. The van der Waals surface area contributed by atoms with E-state index in [2.05, 4.69) is 56.1 Å². The van der Waals surface area contributed by atoms with Crippen LogP contribution in [0.4, 0.5) is 5.69 Å². The molecule has 0 atom stereocenters. The van der Waals surface area contributed by atoms with Gasteiger partial charge in [0.05, 0.1) is 10.5 Å². The molecule has 0 aliphatic carbocycles. The van der Waals surface area contributed by atoms with Crippen LogP contribution in [0.1, 0.15) is 18.4 Å². The van der Waals surface area contributed by atoms with Crippen molar-refractivity contribution in [2.75, 3.05) is 25.5 Å². The van der Waals surface area contributed by atoms with Crippen LogP contribution in [0.15, 0.2) is 40.9 Å². The van der Waals surface area contributed by atoms with Crippen molar-refractivity contribution in [2.24, 2.45) is 5.73 Å². The topological polar surface area (TPSA) is 45.0 Å². The van der Waals surface area contributed by atoms with Crippen molar-refractivity contribution in [3.05, 3.63) is 51.5 Å². The molecule has 0 saturated carbocycles. The maximum absolute atomic E-state index is 6.48. The summed E-state index contributed by atoms with van der Waals surface area (Å²) in [6.07, 6.45) is 3.07. The summed E-state index contributed by atoms with van der Waals surface area (Å²) in [5, 5.41) is 1.92. The minimum Gasteiger partial charge on any atom is -0.378 e. The molecule has 2 aromatic carbocycles. The molecule has 3 aromatic rings. The molecule has 1 aromatic heterocycles. The predicted molar refractivity (Wildman–Crippen MR) is 113 cm³/mol. The standard InChI is InChI=1S/C20H23BrClN3/c1-25(2)15-8-6-13(7-9-15)19-16(5-3-4-10-23)17-11-14(21)12-18(22)20(17)24-19/h6-9,11-12,24H,3-5,10,23H2,1-2H3. The molecule has 25 heavy (non-hydrogen) atoms. The van der Waals surface area contributed by atoms with Crippen LogP contribution in [-0.4, -0.2) is 25.6 Å². The quantitative estimate of drug-likeness (QED) is 0.510. The van der Waals surface area contributed by atoms with E-state index in [0.717, 1.165) is 46.5 Å². The van der Waals surface area contributed by atoms with Gasteiger partial charge in [-0.05, 0) is 61.2 Å². The second kappa shape index (κ2) is 7.81. The number of aromatic amines is 1. The van der Waals surface area contributed by atoms with Crippen molar-refractivity contribution in [3.8, 4) is 11.3 Å². The predicted octanol–water partition coefficient (Wildman–Crippen LogP) is 5.60. The molecule has 0 radical (unpaired) electrons. The lowest BCUT2D eigenvalue weighted by atomic mass is 10.00. The molecule has 0 unspecified atom stereocenters. The molecule has 0 spiro atoms. The van der Waals surface area contributed by atoms with E-state index in [0.29, 0.717) is 0 Å². The lowest BCUT2D eigenvalue weighted by Crippen LogP contribution is -2.07. The number of nitrogens with two attached hydrogens (primary N) is 1. The van der Waals surface area contributed by atoms with Gasteiger partial charge in [0, 0.05) is 35.3 Å². The van der Waals surface area contributed by atoms with Crippen molar-refractivity contribution < 1.29 is 0 Å². The molecule has 0 saturated heterocycles. The molecule has 132 valence electrons. The first kappa shape index (κ1) is 18.3. The lowest BCUT2D eigenvalue weighted by molar-refractivity contribution is 0.748. The molecular formula is C20H23BrClN3. The monoisotopic (exact) mass is 419 g/mol. The highest BCUT2D eigenvalue weighted by Crippen LogP contribution is 2.37. The summed E-state index contributed by atoms with van der Waals surface area (Å²) in [5.41, 5.74) is 11.5. The van der Waals surface area contributed by atoms with E-state index in [1.54, 1.807) is 0 Å². The van der Waals surface area contributed by atoms with E-state index < -0.39 is 0 Å². The van der Waals surface area contributed by atoms with Crippen LogP contribution >= 0.6 is 27.5 Å². The highest BCUT2D eigenvalue weighted by atomic mass is 79.9. The lowest BCUT2D eigenvalue weighted by Gasteiger charge is -2.13. The van der Waals surface area contributed by atoms with Gasteiger partial charge in [0.25, 0.3) is 0 Å². The van der Waals surface area contributed by atoms with E-state index in [9.17, 15) is 0 Å². The van der Waals surface area contributed by atoms with Crippen LogP contribution in [0.5, 0.6) is 0 Å². The second-order valence-corrected chi connectivity index (χ2v) is 7.80. The highest BCUT2D eigenvalue weighted by Gasteiger charge is 2.16. The number of halogens is 2. The number of benzene rings is 2. The first-order valence-corrected chi connectivity index (χ1v) is 9.65. The molecule has 0 amide bonds. The van der Waals surface area contributed by atoms with Gasteiger partial charge in [-0.2, -0.15) is 0 Å². The molecule has 1 heterocycles. The van der Waals surface area contributed by atoms with Crippen molar-refractivity contribution in [1.29, 1.82) is 0 Å². The van der Waals surface area contributed by atoms with E-state index in [1.807, 2.05) is 20.2 Å². The normalized spacial score (nSPS) is 11.2. The smallest absolute Gasteiger partial charge is 0.0658 e. The van der Waals surface area contributed by atoms with Gasteiger partial charge in [0.1, 0.15) is 0 Å². The Bertz CT molecular complexity index is 869. The maximum atomic E-state index is 6.48. The van der Waals surface area contributed by atoms with Crippen LogP contribution in [0, 0.1) is 0 Å². The molecule has 0 aliphatic heterocycles. The van der Waals surface area contributed by atoms with E-state index in [-0.39, 0.29) is 0 Å². The first-order chi connectivity index (χ1) is 12.0.